The van der Waals surface area contributed by atoms with E-state index >= 15 is 0 Å². The summed E-state index contributed by atoms with van der Waals surface area (Å²) in [5.41, 5.74) is 6.73. The van der Waals surface area contributed by atoms with Crippen molar-refractivity contribution in [1.82, 2.24) is 4.98 Å². The van der Waals surface area contributed by atoms with E-state index in [2.05, 4.69) is 41.4 Å². The first-order valence-corrected chi connectivity index (χ1v) is 9.54. The second-order valence-corrected chi connectivity index (χ2v) is 7.02. The lowest BCUT2D eigenvalue weighted by molar-refractivity contribution is 0.0601. The molecule has 29 heavy (non-hydrogen) atoms. The van der Waals surface area contributed by atoms with Crippen molar-refractivity contribution in [3.8, 4) is 22.3 Å². The van der Waals surface area contributed by atoms with E-state index in [0.717, 1.165) is 44.1 Å². The molecule has 3 nitrogen and oxygen atoms in total. The van der Waals surface area contributed by atoms with E-state index in [4.69, 9.17) is 4.74 Å². The van der Waals surface area contributed by atoms with Crippen LogP contribution in [0.25, 0.3) is 44.1 Å². The highest BCUT2D eigenvalue weighted by atomic mass is 16.5. The maximum atomic E-state index is 12.4. The maximum Gasteiger partial charge on any atom is 0.338 e. The molecule has 0 unspecified atom stereocenters. The lowest BCUT2D eigenvalue weighted by Gasteiger charge is -2.12. The molecule has 5 aromatic rings. The summed E-state index contributed by atoms with van der Waals surface area (Å²) < 4.78 is 5.04. The minimum Gasteiger partial charge on any atom is -0.465 e. The molecular formula is C26H19NO2. The van der Waals surface area contributed by atoms with Crippen LogP contribution in [0.15, 0.2) is 91.0 Å². The molecule has 0 saturated carbocycles. The Bertz CT molecular complexity index is 1350. The number of carbonyl (C=O) groups is 1. The van der Waals surface area contributed by atoms with Gasteiger partial charge in [0.15, 0.2) is 0 Å². The Morgan fingerprint density at radius 3 is 2.28 bits per heavy atom. The Kier molecular flexibility index (Phi) is 4.14. The van der Waals surface area contributed by atoms with Gasteiger partial charge >= 0.3 is 5.97 Å². The molecule has 5 rings (SSSR count). The van der Waals surface area contributed by atoms with Crippen molar-refractivity contribution in [2.75, 3.05) is 7.11 Å². The van der Waals surface area contributed by atoms with Crippen LogP contribution in [0.2, 0.25) is 0 Å². The highest BCUT2D eigenvalue weighted by molar-refractivity contribution is 6.14. The van der Waals surface area contributed by atoms with Crippen molar-refractivity contribution in [3.05, 3.63) is 96.6 Å². The summed E-state index contributed by atoms with van der Waals surface area (Å²) in [5.74, 6) is -0.338. The van der Waals surface area contributed by atoms with E-state index in [1.807, 2.05) is 54.6 Å². The van der Waals surface area contributed by atoms with E-state index in [9.17, 15) is 4.79 Å². The molecule has 0 fully saturated rings. The van der Waals surface area contributed by atoms with Gasteiger partial charge in [0.05, 0.1) is 18.2 Å². The summed E-state index contributed by atoms with van der Waals surface area (Å²) in [7, 11) is 1.41. The van der Waals surface area contributed by atoms with Crippen molar-refractivity contribution in [3.63, 3.8) is 0 Å². The largest absolute Gasteiger partial charge is 0.465 e. The van der Waals surface area contributed by atoms with Gasteiger partial charge in [0.25, 0.3) is 0 Å². The number of aromatic amines is 1. The van der Waals surface area contributed by atoms with Gasteiger partial charge in [-0.15, -0.1) is 0 Å². The number of ether oxygens (including phenoxy) is 1. The van der Waals surface area contributed by atoms with Gasteiger partial charge in [-0.1, -0.05) is 66.7 Å². The first-order chi connectivity index (χ1) is 14.3. The van der Waals surface area contributed by atoms with Crippen LogP contribution < -0.4 is 0 Å². The fraction of sp³-hybridized carbons (Fsp3) is 0.0385. The van der Waals surface area contributed by atoms with Gasteiger partial charge in [-0.25, -0.2) is 4.79 Å². The SMILES string of the molecule is COC(=O)c1ccccc1-c1cc(-c2ccccc2)cc2c1[nH]c1ccccc12. The third-order valence-electron chi connectivity index (χ3n) is 5.34. The summed E-state index contributed by atoms with van der Waals surface area (Å²) >= 11 is 0. The zero-order valence-corrected chi connectivity index (χ0v) is 16.0. The molecule has 0 aliphatic heterocycles. The standard InChI is InChI=1S/C26H19NO2/c1-29-26(28)21-13-6-5-11-19(21)22-15-18(17-9-3-2-4-10-17)16-23-20-12-7-8-14-24(20)27-25(22)23/h2-16,27H,1H3. The summed E-state index contributed by atoms with van der Waals surface area (Å²) in [6, 6.07) is 30.5. The van der Waals surface area contributed by atoms with Crippen LogP contribution in [0.4, 0.5) is 0 Å². The Balaban J connectivity index is 1.89. The number of hydrogen-bond acceptors (Lipinski definition) is 2. The average Bonchev–Trinajstić information content (AvgIpc) is 3.17. The molecule has 140 valence electrons. The number of para-hydroxylation sites is 1. The molecule has 1 heterocycles. The zero-order valence-electron chi connectivity index (χ0n) is 16.0. The first-order valence-electron chi connectivity index (χ1n) is 9.54. The average molecular weight is 377 g/mol. The molecule has 0 radical (unpaired) electrons. The van der Waals surface area contributed by atoms with Crippen LogP contribution >= 0.6 is 0 Å². The second-order valence-electron chi connectivity index (χ2n) is 7.02. The normalized spacial score (nSPS) is 11.1. The number of carbonyl (C=O) groups excluding carboxylic acids is 1. The molecule has 0 aliphatic rings. The fourth-order valence-corrected chi connectivity index (χ4v) is 3.97. The molecule has 0 aliphatic carbocycles. The fourth-order valence-electron chi connectivity index (χ4n) is 3.97. The molecule has 4 aromatic carbocycles. The first kappa shape index (κ1) is 17.3. The van der Waals surface area contributed by atoms with E-state index < -0.39 is 0 Å². The van der Waals surface area contributed by atoms with Crippen LogP contribution in [0.5, 0.6) is 0 Å². The highest BCUT2D eigenvalue weighted by Crippen LogP contribution is 2.38. The number of esters is 1. The van der Waals surface area contributed by atoms with Crippen molar-refractivity contribution >= 4 is 27.8 Å². The molecular weight excluding hydrogens is 358 g/mol. The van der Waals surface area contributed by atoms with Gasteiger partial charge < -0.3 is 9.72 Å². The van der Waals surface area contributed by atoms with Crippen LogP contribution in [0, 0.1) is 0 Å². The van der Waals surface area contributed by atoms with Crippen LogP contribution in [0.1, 0.15) is 10.4 Å². The predicted molar refractivity (Wildman–Crippen MR) is 118 cm³/mol. The summed E-state index contributed by atoms with van der Waals surface area (Å²) in [5, 5.41) is 2.30. The quantitative estimate of drug-likeness (QED) is 0.368. The number of aromatic nitrogens is 1. The van der Waals surface area contributed by atoms with Gasteiger partial charge in [0, 0.05) is 21.9 Å². The van der Waals surface area contributed by atoms with Gasteiger partial charge in [0.1, 0.15) is 0 Å². The molecule has 0 saturated heterocycles. The number of H-pyrrole nitrogens is 1. The van der Waals surface area contributed by atoms with E-state index in [1.165, 1.54) is 7.11 Å². The molecule has 1 N–H and O–H groups in total. The summed E-state index contributed by atoms with van der Waals surface area (Å²) in [6.45, 7) is 0. The van der Waals surface area contributed by atoms with Crippen molar-refractivity contribution in [2.24, 2.45) is 0 Å². The number of methoxy groups -OCH3 is 1. The van der Waals surface area contributed by atoms with E-state index in [0.29, 0.717) is 5.56 Å². The van der Waals surface area contributed by atoms with Crippen LogP contribution in [-0.4, -0.2) is 18.1 Å². The van der Waals surface area contributed by atoms with Gasteiger partial charge in [0.2, 0.25) is 0 Å². The Hall–Kier alpha value is -3.85. The van der Waals surface area contributed by atoms with E-state index in [1.54, 1.807) is 0 Å². The topological polar surface area (TPSA) is 42.1 Å². The van der Waals surface area contributed by atoms with E-state index in [-0.39, 0.29) is 5.97 Å². The highest BCUT2D eigenvalue weighted by Gasteiger charge is 2.18. The molecule has 3 heteroatoms. The zero-order chi connectivity index (χ0) is 19.8. The minimum absolute atomic E-state index is 0.338. The molecule has 1 aromatic heterocycles. The summed E-state index contributed by atoms with van der Waals surface area (Å²) in [6.07, 6.45) is 0. The van der Waals surface area contributed by atoms with Crippen molar-refractivity contribution in [1.29, 1.82) is 0 Å². The van der Waals surface area contributed by atoms with Gasteiger partial charge in [-0.2, -0.15) is 0 Å². The Labute approximate surface area is 168 Å². The predicted octanol–water partition coefficient (Wildman–Crippen LogP) is 6.44. The Morgan fingerprint density at radius 1 is 0.724 bits per heavy atom. The minimum atomic E-state index is -0.338. The monoisotopic (exact) mass is 377 g/mol. The third-order valence-corrected chi connectivity index (χ3v) is 5.34. The second kappa shape index (κ2) is 6.95. The lowest BCUT2D eigenvalue weighted by atomic mass is 9.93. The van der Waals surface area contributed by atoms with Crippen LogP contribution in [-0.2, 0) is 4.74 Å². The number of rotatable bonds is 3. The number of hydrogen-bond donors (Lipinski definition) is 1. The summed E-state index contributed by atoms with van der Waals surface area (Å²) in [4.78, 5) is 16.0. The molecule has 0 amide bonds. The number of nitrogens with one attached hydrogen (secondary N) is 1. The Morgan fingerprint density at radius 2 is 1.45 bits per heavy atom. The molecule has 0 bridgehead atoms. The molecule has 0 atom stereocenters. The van der Waals surface area contributed by atoms with Crippen molar-refractivity contribution < 1.29 is 9.53 Å². The number of fused-ring (bicyclic) bond motifs is 3. The third kappa shape index (κ3) is 2.88. The van der Waals surface area contributed by atoms with Crippen molar-refractivity contribution in [2.45, 2.75) is 0 Å². The smallest absolute Gasteiger partial charge is 0.338 e. The lowest BCUT2D eigenvalue weighted by Crippen LogP contribution is -2.03. The number of benzene rings is 4. The van der Waals surface area contributed by atoms with Gasteiger partial charge in [-0.05, 0) is 41.0 Å². The maximum absolute atomic E-state index is 12.4. The van der Waals surface area contributed by atoms with Crippen LogP contribution in [0.3, 0.4) is 0 Å². The molecule has 0 spiro atoms. The van der Waals surface area contributed by atoms with Gasteiger partial charge in [-0.3, -0.25) is 0 Å².